The Kier molecular flexibility index (Phi) is 5.27. The molecule has 2 aromatic carbocycles. The minimum Gasteiger partial charge on any atom is -0.329 e. The van der Waals surface area contributed by atoms with Gasteiger partial charge in [0.1, 0.15) is 0 Å². The molecule has 1 aliphatic rings. The molecular weight excluding hydrogens is 327 g/mol. The van der Waals surface area contributed by atoms with Gasteiger partial charge in [0.2, 0.25) is 0 Å². The lowest BCUT2D eigenvalue weighted by Crippen LogP contribution is -2.32. The zero-order valence-corrected chi connectivity index (χ0v) is 14.8. The van der Waals surface area contributed by atoms with Crippen molar-refractivity contribution in [2.24, 2.45) is 5.73 Å². The normalized spacial score (nSPS) is 20.6. The van der Waals surface area contributed by atoms with Gasteiger partial charge in [-0.3, -0.25) is 4.90 Å². The lowest BCUT2D eigenvalue weighted by Gasteiger charge is -2.37. The van der Waals surface area contributed by atoms with Crippen molar-refractivity contribution >= 4 is 23.2 Å². The Labute approximate surface area is 148 Å². The molecule has 0 aliphatic heterocycles. The van der Waals surface area contributed by atoms with E-state index in [0.29, 0.717) is 28.5 Å². The van der Waals surface area contributed by atoms with Gasteiger partial charge in [-0.1, -0.05) is 53.5 Å². The molecule has 2 atom stereocenters. The molecule has 2 N–H and O–H groups in total. The molecular formula is C19H22Cl2N2. The van der Waals surface area contributed by atoms with Gasteiger partial charge in [0.25, 0.3) is 0 Å². The predicted molar refractivity (Wildman–Crippen MR) is 98.4 cm³/mol. The summed E-state index contributed by atoms with van der Waals surface area (Å²) in [6, 6.07) is 15.2. The number of benzene rings is 2. The molecule has 2 aromatic rings. The number of halogens is 2. The number of hydrogen-bond donors (Lipinski definition) is 1. The molecule has 0 radical (unpaired) electrons. The van der Waals surface area contributed by atoms with Crippen molar-refractivity contribution in [2.45, 2.75) is 24.8 Å². The molecule has 0 aromatic heterocycles. The maximum absolute atomic E-state index is 6.23. The Bertz CT molecular complexity index is 687. The highest BCUT2D eigenvalue weighted by atomic mass is 35.5. The van der Waals surface area contributed by atoms with Gasteiger partial charge in [-0.15, -0.1) is 0 Å². The molecule has 0 fully saturated rings. The minimum absolute atomic E-state index is 0.378. The maximum Gasteiger partial charge on any atom is 0.0595 e. The fourth-order valence-electron chi connectivity index (χ4n) is 3.66. The predicted octanol–water partition coefficient (Wildman–Crippen LogP) is 4.85. The fraction of sp³-hybridized carbons (Fsp3) is 0.368. The van der Waals surface area contributed by atoms with Gasteiger partial charge in [0.05, 0.1) is 10.0 Å². The first-order valence-corrected chi connectivity index (χ1v) is 8.81. The molecule has 1 aliphatic carbocycles. The van der Waals surface area contributed by atoms with Crippen molar-refractivity contribution in [1.82, 2.24) is 4.90 Å². The first kappa shape index (κ1) is 16.8. The lowest BCUT2D eigenvalue weighted by atomic mass is 9.76. The Balaban J connectivity index is 1.98. The van der Waals surface area contributed by atoms with Crippen molar-refractivity contribution < 1.29 is 0 Å². The summed E-state index contributed by atoms with van der Waals surface area (Å²) in [6.45, 7) is 1.60. The summed E-state index contributed by atoms with van der Waals surface area (Å²) in [5.74, 6) is 0.378. The van der Waals surface area contributed by atoms with E-state index in [2.05, 4.69) is 42.3 Å². The van der Waals surface area contributed by atoms with E-state index in [-0.39, 0.29) is 0 Å². The van der Waals surface area contributed by atoms with E-state index in [1.54, 1.807) is 0 Å². The Morgan fingerprint density at radius 2 is 1.78 bits per heavy atom. The highest BCUT2D eigenvalue weighted by molar-refractivity contribution is 6.42. The van der Waals surface area contributed by atoms with Crippen LogP contribution in [0.2, 0.25) is 10.0 Å². The number of hydrogen-bond acceptors (Lipinski definition) is 2. The van der Waals surface area contributed by atoms with E-state index < -0.39 is 0 Å². The summed E-state index contributed by atoms with van der Waals surface area (Å²) in [7, 11) is 2.16. The van der Waals surface area contributed by atoms with Crippen LogP contribution in [-0.2, 0) is 0 Å². The SMILES string of the molecule is CN(CCN)[C@H]1CC[C@@H](c2ccc(Cl)c(Cl)c2)c2ccccc21. The highest BCUT2D eigenvalue weighted by Crippen LogP contribution is 2.43. The summed E-state index contributed by atoms with van der Waals surface area (Å²) in [4.78, 5) is 2.36. The van der Waals surface area contributed by atoms with E-state index in [0.717, 1.165) is 19.4 Å². The van der Waals surface area contributed by atoms with Gasteiger partial charge in [0.15, 0.2) is 0 Å². The second-order valence-corrected chi connectivity index (χ2v) is 7.03. The van der Waals surface area contributed by atoms with Crippen LogP contribution >= 0.6 is 23.2 Å². The van der Waals surface area contributed by atoms with Crippen molar-refractivity contribution in [2.75, 3.05) is 20.1 Å². The monoisotopic (exact) mass is 348 g/mol. The molecule has 0 saturated heterocycles. The van der Waals surface area contributed by atoms with Crippen LogP contribution in [0.15, 0.2) is 42.5 Å². The van der Waals surface area contributed by atoms with Gasteiger partial charge in [-0.05, 0) is 48.7 Å². The average Bonchev–Trinajstić information content (AvgIpc) is 2.56. The third kappa shape index (κ3) is 3.41. The number of rotatable bonds is 4. The number of fused-ring (bicyclic) bond motifs is 1. The Hall–Kier alpha value is -1.06. The fourth-order valence-corrected chi connectivity index (χ4v) is 3.97. The zero-order chi connectivity index (χ0) is 16.4. The van der Waals surface area contributed by atoms with Gasteiger partial charge >= 0.3 is 0 Å². The van der Waals surface area contributed by atoms with Crippen LogP contribution in [0.5, 0.6) is 0 Å². The summed E-state index contributed by atoms with van der Waals surface area (Å²) >= 11 is 12.3. The first-order valence-electron chi connectivity index (χ1n) is 8.06. The van der Waals surface area contributed by atoms with E-state index in [9.17, 15) is 0 Å². The second kappa shape index (κ2) is 7.23. The highest BCUT2D eigenvalue weighted by Gasteiger charge is 2.30. The second-order valence-electron chi connectivity index (χ2n) is 6.22. The third-order valence-corrected chi connectivity index (χ3v) is 5.56. The summed E-state index contributed by atoms with van der Waals surface area (Å²) in [6.07, 6.45) is 2.23. The van der Waals surface area contributed by atoms with Crippen molar-refractivity contribution in [1.29, 1.82) is 0 Å². The van der Waals surface area contributed by atoms with Gasteiger partial charge in [-0.2, -0.15) is 0 Å². The number of nitrogens with zero attached hydrogens (tertiary/aromatic N) is 1. The summed E-state index contributed by atoms with van der Waals surface area (Å²) in [5, 5.41) is 1.24. The maximum atomic E-state index is 6.23. The minimum atomic E-state index is 0.378. The van der Waals surface area contributed by atoms with Gasteiger partial charge in [0, 0.05) is 25.0 Å². The van der Waals surface area contributed by atoms with Crippen LogP contribution < -0.4 is 5.73 Å². The molecule has 3 rings (SSSR count). The molecule has 0 spiro atoms. The molecule has 23 heavy (non-hydrogen) atoms. The van der Waals surface area contributed by atoms with Crippen molar-refractivity contribution in [3.05, 3.63) is 69.2 Å². The van der Waals surface area contributed by atoms with Crippen LogP contribution in [0.1, 0.15) is 41.5 Å². The molecule has 2 nitrogen and oxygen atoms in total. The van der Waals surface area contributed by atoms with Crippen molar-refractivity contribution in [3.8, 4) is 0 Å². The summed E-state index contributed by atoms with van der Waals surface area (Å²) < 4.78 is 0. The Morgan fingerprint density at radius 1 is 1.04 bits per heavy atom. The van der Waals surface area contributed by atoms with Crippen LogP contribution in [-0.4, -0.2) is 25.0 Å². The Morgan fingerprint density at radius 3 is 2.48 bits per heavy atom. The van der Waals surface area contributed by atoms with Gasteiger partial charge in [-0.25, -0.2) is 0 Å². The van der Waals surface area contributed by atoms with Crippen molar-refractivity contribution in [3.63, 3.8) is 0 Å². The van der Waals surface area contributed by atoms with E-state index in [1.807, 2.05) is 12.1 Å². The third-order valence-electron chi connectivity index (χ3n) is 4.82. The smallest absolute Gasteiger partial charge is 0.0595 e. The number of likely N-dealkylation sites (N-methyl/N-ethyl adjacent to an activating group) is 1. The average molecular weight is 349 g/mol. The lowest BCUT2D eigenvalue weighted by molar-refractivity contribution is 0.223. The van der Waals surface area contributed by atoms with Crippen LogP contribution in [0.4, 0.5) is 0 Å². The standard InChI is InChI=1S/C19H22Cl2N2/c1-23(11-10-22)19-9-7-14(15-4-2-3-5-16(15)19)13-6-8-17(20)18(21)12-13/h2-6,8,12,14,19H,7,9-11,22H2,1H3/t14-,19-/m0/s1. The molecule has 0 heterocycles. The number of nitrogens with two attached hydrogens (primary N) is 1. The molecule has 0 unspecified atom stereocenters. The van der Waals surface area contributed by atoms with E-state index in [1.165, 1.54) is 16.7 Å². The van der Waals surface area contributed by atoms with Gasteiger partial charge < -0.3 is 5.73 Å². The zero-order valence-electron chi connectivity index (χ0n) is 13.3. The molecule has 4 heteroatoms. The van der Waals surface area contributed by atoms with Crippen LogP contribution in [0.3, 0.4) is 0 Å². The quantitative estimate of drug-likeness (QED) is 0.855. The van der Waals surface area contributed by atoms with Crippen LogP contribution in [0.25, 0.3) is 0 Å². The topological polar surface area (TPSA) is 29.3 Å². The van der Waals surface area contributed by atoms with E-state index in [4.69, 9.17) is 28.9 Å². The first-order chi connectivity index (χ1) is 11.1. The largest absolute Gasteiger partial charge is 0.329 e. The molecule has 0 bridgehead atoms. The summed E-state index contributed by atoms with van der Waals surface area (Å²) in [5.41, 5.74) is 9.78. The van der Waals surface area contributed by atoms with Crippen LogP contribution in [0, 0.1) is 0 Å². The van der Waals surface area contributed by atoms with E-state index >= 15 is 0 Å². The molecule has 0 amide bonds. The molecule has 122 valence electrons. The molecule has 0 saturated carbocycles.